The Morgan fingerprint density at radius 3 is 2.45 bits per heavy atom. The second-order valence-electron chi connectivity index (χ2n) is 8.08. The first-order valence-corrected chi connectivity index (χ1v) is 10.8. The fourth-order valence-corrected chi connectivity index (χ4v) is 4.58. The van der Waals surface area contributed by atoms with Crippen molar-refractivity contribution in [1.82, 2.24) is 9.47 Å². The molecule has 0 radical (unpaired) electrons. The van der Waals surface area contributed by atoms with Gasteiger partial charge in [0.05, 0.1) is 27.4 Å². The summed E-state index contributed by atoms with van der Waals surface area (Å²) in [5.74, 6) is 2.02. The van der Waals surface area contributed by atoms with Gasteiger partial charge in [-0.2, -0.15) is 0 Å². The summed E-state index contributed by atoms with van der Waals surface area (Å²) in [5, 5.41) is 1.29. The van der Waals surface area contributed by atoms with Crippen LogP contribution in [0.15, 0.2) is 42.6 Å². The van der Waals surface area contributed by atoms with Crippen molar-refractivity contribution in [3.8, 4) is 17.2 Å². The zero-order valence-electron chi connectivity index (χ0n) is 18.9. The first kappa shape index (κ1) is 21.5. The predicted molar refractivity (Wildman–Crippen MR) is 122 cm³/mol. The van der Waals surface area contributed by atoms with Crippen LogP contribution < -0.4 is 14.2 Å². The van der Waals surface area contributed by atoms with E-state index in [9.17, 15) is 0 Å². The SMILES string of the molecule is COc1ccc(CN(Cc2cn(C)c3ccccc23)C[C@H]2CCCO2)c(OC)c1OC. The van der Waals surface area contributed by atoms with E-state index >= 15 is 0 Å². The molecule has 0 bridgehead atoms. The predicted octanol–water partition coefficient (Wildman–Crippen LogP) is 4.39. The van der Waals surface area contributed by atoms with Gasteiger partial charge in [-0.3, -0.25) is 4.90 Å². The summed E-state index contributed by atoms with van der Waals surface area (Å²) in [6.45, 7) is 3.29. The Hall–Kier alpha value is -2.70. The zero-order valence-corrected chi connectivity index (χ0v) is 18.9. The van der Waals surface area contributed by atoms with E-state index in [-0.39, 0.29) is 6.10 Å². The lowest BCUT2D eigenvalue weighted by molar-refractivity contribution is 0.0677. The van der Waals surface area contributed by atoms with E-state index in [1.807, 2.05) is 6.07 Å². The number of fused-ring (bicyclic) bond motifs is 1. The third-order valence-electron chi connectivity index (χ3n) is 6.04. The highest BCUT2D eigenvalue weighted by molar-refractivity contribution is 5.83. The molecule has 1 aromatic heterocycles. The first-order chi connectivity index (χ1) is 15.1. The van der Waals surface area contributed by atoms with E-state index < -0.39 is 0 Å². The quantitative estimate of drug-likeness (QED) is 0.510. The fourth-order valence-electron chi connectivity index (χ4n) is 4.58. The Morgan fingerprint density at radius 1 is 0.968 bits per heavy atom. The van der Waals surface area contributed by atoms with Gasteiger partial charge >= 0.3 is 0 Å². The number of aromatic nitrogens is 1. The van der Waals surface area contributed by atoms with Crippen molar-refractivity contribution in [1.29, 1.82) is 0 Å². The highest BCUT2D eigenvalue weighted by atomic mass is 16.5. The van der Waals surface area contributed by atoms with Gasteiger partial charge in [0, 0.05) is 56.0 Å². The van der Waals surface area contributed by atoms with Crippen LogP contribution >= 0.6 is 0 Å². The molecule has 0 N–H and O–H groups in total. The van der Waals surface area contributed by atoms with Crippen molar-refractivity contribution in [3.63, 3.8) is 0 Å². The van der Waals surface area contributed by atoms with Gasteiger partial charge in [-0.05, 0) is 30.5 Å². The topological polar surface area (TPSA) is 45.1 Å². The third-order valence-corrected chi connectivity index (χ3v) is 6.04. The summed E-state index contributed by atoms with van der Waals surface area (Å²) in [6, 6.07) is 12.6. The van der Waals surface area contributed by atoms with Gasteiger partial charge in [0.25, 0.3) is 0 Å². The molecule has 2 heterocycles. The number of rotatable bonds is 9. The molecule has 1 aliphatic heterocycles. The van der Waals surface area contributed by atoms with Crippen LogP contribution in [0, 0.1) is 0 Å². The maximum atomic E-state index is 5.97. The fraction of sp³-hybridized carbons (Fsp3) is 0.440. The van der Waals surface area contributed by atoms with E-state index in [0.717, 1.165) is 50.4 Å². The molecule has 0 saturated carbocycles. The molecule has 31 heavy (non-hydrogen) atoms. The molecule has 6 nitrogen and oxygen atoms in total. The number of hydrogen-bond acceptors (Lipinski definition) is 5. The lowest BCUT2D eigenvalue weighted by Gasteiger charge is -2.26. The van der Waals surface area contributed by atoms with Crippen LogP contribution in [0.3, 0.4) is 0 Å². The van der Waals surface area contributed by atoms with Crippen LogP contribution in [0.4, 0.5) is 0 Å². The number of hydrogen-bond donors (Lipinski definition) is 0. The van der Waals surface area contributed by atoms with E-state index in [1.54, 1.807) is 21.3 Å². The molecule has 2 aromatic carbocycles. The lowest BCUT2D eigenvalue weighted by Crippen LogP contribution is -2.31. The zero-order chi connectivity index (χ0) is 21.8. The average Bonchev–Trinajstić information content (AvgIpc) is 3.41. The largest absolute Gasteiger partial charge is 0.493 e. The molecular weight excluding hydrogens is 392 g/mol. The Balaban J connectivity index is 1.65. The van der Waals surface area contributed by atoms with Crippen LogP contribution in [0.5, 0.6) is 17.2 Å². The molecule has 1 saturated heterocycles. The molecular formula is C25H32N2O4. The molecule has 1 atom stereocenters. The van der Waals surface area contributed by atoms with E-state index in [0.29, 0.717) is 11.5 Å². The summed E-state index contributed by atoms with van der Waals surface area (Å²) in [4.78, 5) is 2.45. The molecule has 0 aliphatic carbocycles. The second-order valence-corrected chi connectivity index (χ2v) is 8.08. The van der Waals surface area contributed by atoms with E-state index in [1.165, 1.54) is 16.5 Å². The number of benzene rings is 2. The molecule has 6 heteroatoms. The van der Waals surface area contributed by atoms with Crippen molar-refractivity contribution < 1.29 is 18.9 Å². The maximum absolute atomic E-state index is 5.97. The third kappa shape index (κ3) is 4.50. The molecule has 1 fully saturated rings. The van der Waals surface area contributed by atoms with Gasteiger partial charge < -0.3 is 23.5 Å². The van der Waals surface area contributed by atoms with E-state index in [4.69, 9.17) is 18.9 Å². The van der Waals surface area contributed by atoms with Crippen LogP contribution in [0.25, 0.3) is 10.9 Å². The van der Waals surface area contributed by atoms with Crippen LogP contribution in [0.1, 0.15) is 24.0 Å². The van der Waals surface area contributed by atoms with Gasteiger partial charge in [-0.25, -0.2) is 0 Å². The molecule has 4 rings (SSSR count). The number of methoxy groups -OCH3 is 3. The minimum absolute atomic E-state index is 0.265. The molecule has 0 amide bonds. The van der Waals surface area contributed by atoms with Crippen molar-refractivity contribution in [2.75, 3.05) is 34.5 Å². The van der Waals surface area contributed by atoms with Crippen molar-refractivity contribution >= 4 is 10.9 Å². The van der Waals surface area contributed by atoms with Gasteiger partial charge in [-0.15, -0.1) is 0 Å². The molecule has 1 aliphatic rings. The van der Waals surface area contributed by atoms with Crippen LogP contribution in [-0.2, 0) is 24.9 Å². The Bertz CT molecular complexity index is 1020. The van der Waals surface area contributed by atoms with Gasteiger partial charge in [0.15, 0.2) is 11.5 Å². The van der Waals surface area contributed by atoms with Gasteiger partial charge in [0.1, 0.15) is 0 Å². The van der Waals surface area contributed by atoms with E-state index in [2.05, 4.69) is 53.0 Å². The van der Waals surface area contributed by atoms with Crippen LogP contribution in [-0.4, -0.2) is 50.1 Å². The van der Waals surface area contributed by atoms with Gasteiger partial charge in [-0.1, -0.05) is 24.3 Å². The minimum atomic E-state index is 0.265. The summed E-state index contributed by atoms with van der Waals surface area (Å²) in [7, 11) is 7.06. The van der Waals surface area contributed by atoms with Crippen molar-refractivity contribution in [3.05, 3.63) is 53.7 Å². The Morgan fingerprint density at radius 2 is 1.74 bits per heavy atom. The standard InChI is InChI=1S/C25H32N2O4/c1-26-14-19(21-9-5-6-10-22(21)26)16-27(17-20-8-7-13-31-20)15-18-11-12-23(28-2)25(30-4)24(18)29-3/h5-6,9-12,14,20H,7-8,13,15-17H2,1-4H3/t20-/m1/s1. The van der Waals surface area contributed by atoms with Crippen LogP contribution in [0.2, 0.25) is 0 Å². The summed E-state index contributed by atoms with van der Waals surface area (Å²) < 4.78 is 25.0. The highest BCUT2D eigenvalue weighted by Crippen LogP contribution is 2.40. The van der Waals surface area contributed by atoms with Crippen molar-refractivity contribution in [2.24, 2.45) is 7.05 Å². The number of nitrogens with zero attached hydrogens (tertiary/aromatic N) is 2. The number of aryl methyl sites for hydroxylation is 1. The number of para-hydroxylation sites is 1. The number of ether oxygens (including phenoxy) is 4. The Kier molecular flexibility index (Phi) is 6.68. The minimum Gasteiger partial charge on any atom is -0.493 e. The average molecular weight is 425 g/mol. The molecule has 3 aromatic rings. The van der Waals surface area contributed by atoms with Gasteiger partial charge in [0.2, 0.25) is 5.75 Å². The smallest absolute Gasteiger partial charge is 0.203 e. The lowest BCUT2D eigenvalue weighted by atomic mass is 10.1. The molecule has 166 valence electrons. The van der Waals surface area contributed by atoms with Crippen molar-refractivity contribution in [2.45, 2.75) is 32.0 Å². The second kappa shape index (κ2) is 9.62. The Labute approximate surface area is 184 Å². The summed E-state index contributed by atoms with van der Waals surface area (Å²) in [6.07, 6.45) is 4.74. The maximum Gasteiger partial charge on any atom is 0.203 e. The highest BCUT2D eigenvalue weighted by Gasteiger charge is 2.23. The summed E-state index contributed by atoms with van der Waals surface area (Å²) in [5.41, 5.74) is 3.63. The molecule has 0 unspecified atom stereocenters. The molecule has 0 spiro atoms. The monoisotopic (exact) mass is 424 g/mol. The normalized spacial score (nSPS) is 16.2. The first-order valence-electron chi connectivity index (χ1n) is 10.8. The summed E-state index contributed by atoms with van der Waals surface area (Å²) >= 11 is 0.